The number of nitrogens with zero attached hydrogens (tertiary/aromatic N) is 3. The van der Waals surface area contributed by atoms with Crippen LogP contribution in [0.4, 0.5) is 0 Å². The van der Waals surface area contributed by atoms with Crippen LogP contribution < -0.4 is 0 Å². The Hall–Kier alpha value is -5.75. The van der Waals surface area contributed by atoms with Crippen molar-refractivity contribution in [2.24, 2.45) is 0 Å². The molecule has 7 aromatic carbocycles. The summed E-state index contributed by atoms with van der Waals surface area (Å²) in [6, 6.07) is 45.8. The molecule has 3 aromatic heterocycles. The summed E-state index contributed by atoms with van der Waals surface area (Å²) in [6.45, 7) is 0. The van der Waals surface area contributed by atoms with Crippen LogP contribution >= 0.6 is 22.7 Å². The molecule has 0 atom stereocenters. The van der Waals surface area contributed by atoms with E-state index in [1.54, 1.807) is 0 Å². The second-order valence-electron chi connectivity index (χ2n) is 13.0. The van der Waals surface area contributed by atoms with Crippen LogP contribution in [0.15, 0.2) is 133 Å². The lowest BCUT2D eigenvalue weighted by molar-refractivity contribution is 1.02. The van der Waals surface area contributed by atoms with E-state index in [1.165, 1.54) is 73.0 Å². The predicted octanol–water partition coefficient (Wildman–Crippen LogP) is 12.9. The Balaban J connectivity index is 1.25. The maximum atomic E-state index is 5.35. The molecule has 0 spiro atoms. The van der Waals surface area contributed by atoms with Gasteiger partial charge in [0.25, 0.3) is 0 Å². The first-order chi connectivity index (χ1) is 24.8. The van der Waals surface area contributed by atoms with Gasteiger partial charge < -0.3 is 0 Å². The Labute approximate surface area is 295 Å². The zero-order chi connectivity index (χ0) is 32.8. The average molecular weight is 674 g/mol. The molecule has 0 unspecified atom stereocenters. The first kappa shape index (κ1) is 28.1. The van der Waals surface area contributed by atoms with E-state index in [9.17, 15) is 0 Å². The molecule has 5 heteroatoms. The summed E-state index contributed by atoms with van der Waals surface area (Å²) in [6.07, 6.45) is 6.78. The number of hydrogen-bond donors (Lipinski definition) is 0. The monoisotopic (exact) mass is 673 g/mol. The third kappa shape index (κ3) is 4.24. The molecule has 0 N–H and O–H groups in total. The minimum atomic E-state index is 0.676. The molecule has 0 fully saturated rings. The van der Waals surface area contributed by atoms with Crippen molar-refractivity contribution < 1.29 is 0 Å². The van der Waals surface area contributed by atoms with Crippen LogP contribution in [0.3, 0.4) is 0 Å². The van der Waals surface area contributed by atoms with Gasteiger partial charge in [0.05, 0.1) is 0 Å². The van der Waals surface area contributed by atoms with Crippen LogP contribution in [-0.4, -0.2) is 15.0 Å². The standard InChI is InChI=1S/C45H27N3S2/c1-2-12-28(13-3-1)43-46-44(30-20-22-34-33-16-8-9-17-36(33)49-38(34)25-30)48-45(47-43)35-24-29-19-18-26-10-4-6-14-31(26)39(29)42-41(35)40-32-15-7-5-11-27(32)21-23-37(40)50-42/h1-8,10-16,18-25H,9,17H2. The average Bonchev–Trinajstić information content (AvgIpc) is 3.76. The number of fused-ring (bicyclic) bond motifs is 12. The molecule has 234 valence electrons. The molecule has 10 aromatic rings. The molecule has 50 heavy (non-hydrogen) atoms. The number of benzene rings is 7. The molecule has 0 amide bonds. The Morgan fingerprint density at radius 2 is 1.18 bits per heavy atom. The number of aromatic nitrogens is 3. The highest BCUT2D eigenvalue weighted by atomic mass is 32.1. The predicted molar refractivity (Wildman–Crippen MR) is 214 cm³/mol. The van der Waals surface area contributed by atoms with Gasteiger partial charge in [0.1, 0.15) is 0 Å². The van der Waals surface area contributed by atoms with E-state index in [-0.39, 0.29) is 0 Å². The Kier molecular flexibility index (Phi) is 6.12. The van der Waals surface area contributed by atoms with Crippen molar-refractivity contribution in [3.8, 4) is 34.2 Å². The fraction of sp³-hybridized carbons (Fsp3) is 0.0444. The summed E-state index contributed by atoms with van der Waals surface area (Å²) in [7, 11) is 0. The summed E-state index contributed by atoms with van der Waals surface area (Å²) in [5, 5.41) is 11.2. The van der Waals surface area contributed by atoms with Crippen molar-refractivity contribution in [1.29, 1.82) is 0 Å². The fourth-order valence-electron chi connectivity index (χ4n) is 7.80. The Morgan fingerprint density at radius 1 is 0.480 bits per heavy atom. The van der Waals surface area contributed by atoms with Crippen molar-refractivity contribution in [3.63, 3.8) is 0 Å². The molecule has 1 aliphatic rings. The minimum Gasteiger partial charge on any atom is -0.208 e. The molecule has 11 rings (SSSR count). The highest BCUT2D eigenvalue weighted by Crippen LogP contribution is 2.48. The van der Waals surface area contributed by atoms with Gasteiger partial charge in [-0.25, -0.2) is 15.0 Å². The smallest absolute Gasteiger partial charge is 0.164 e. The highest BCUT2D eigenvalue weighted by molar-refractivity contribution is 7.27. The Bertz CT molecular complexity index is 3040. The molecule has 0 saturated heterocycles. The van der Waals surface area contributed by atoms with E-state index in [0.29, 0.717) is 17.5 Å². The van der Waals surface area contributed by atoms with E-state index in [0.717, 1.165) is 29.5 Å². The summed E-state index contributed by atoms with van der Waals surface area (Å²) in [5.41, 5.74) is 4.37. The largest absolute Gasteiger partial charge is 0.208 e. The van der Waals surface area contributed by atoms with Crippen LogP contribution in [0.5, 0.6) is 0 Å². The summed E-state index contributed by atoms with van der Waals surface area (Å²) < 4.78 is 3.80. The van der Waals surface area contributed by atoms with E-state index in [2.05, 4.69) is 121 Å². The molecule has 0 aliphatic heterocycles. The first-order valence-corrected chi connectivity index (χ1v) is 18.6. The number of hydrogen-bond acceptors (Lipinski definition) is 5. The van der Waals surface area contributed by atoms with Gasteiger partial charge in [-0.2, -0.15) is 0 Å². The van der Waals surface area contributed by atoms with Crippen molar-refractivity contribution in [3.05, 3.63) is 144 Å². The summed E-state index contributed by atoms with van der Waals surface area (Å²) >= 11 is 3.77. The van der Waals surface area contributed by atoms with Gasteiger partial charge in [-0.3, -0.25) is 0 Å². The van der Waals surface area contributed by atoms with Gasteiger partial charge in [0.15, 0.2) is 17.5 Å². The zero-order valence-corrected chi connectivity index (χ0v) is 28.5. The van der Waals surface area contributed by atoms with Gasteiger partial charge >= 0.3 is 0 Å². The lowest BCUT2D eigenvalue weighted by Gasteiger charge is -2.13. The van der Waals surface area contributed by atoms with Crippen molar-refractivity contribution in [2.45, 2.75) is 12.8 Å². The summed E-state index contributed by atoms with van der Waals surface area (Å²) in [4.78, 5) is 17.2. The molecule has 0 radical (unpaired) electrons. The third-order valence-electron chi connectivity index (χ3n) is 10.1. The van der Waals surface area contributed by atoms with Gasteiger partial charge in [0, 0.05) is 51.8 Å². The van der Waals surface area contributed by atoms with E-state index < -0.39 is 0 Å². The van der Waals surface area contributed by atoms with Crippen molar-refractivity contribution >= 4 is 91.3 Å². The third-order valence-corrected chi connectivity index (χ3v) is 12.5. The van der Waals surface area contributed by atoms with Crippen LogP contribution in [-0.2, 0) is 6.42 Å². The van der Waals surface area contributed by atoms with Crippen LogP contribution in [0, 0.1) is 0 Å². The number of thiophene rings is 2. The lowest BCUT2D eigenvalue weighted by Crippen LogP contribution is -2.00. The fourth-order valence-corrected chi connectivity index (χ4v) is 10.4. The molecule has 1 aliphatic carbocycles. The Morgan fingerprint density at radius 3 is 2.02 bits per heavy atom. The first-order valence-electron chi connectivity index (χ1n) is 17.0. The molecule has 3 nitrogen and oxygen atoms in total. The van der Waals surface area contributed by atoms with Gasteiger partial charge in [0.2, 0.25) is 0 Å². The normalized spacial score (nSPS) is 13.0. The van der Waals surface area contributed by atoms with E-state index in [4.69, 9.17) is 15.0 Å². The molecule has 0 bridgehead atoms. The van der Waals surface area contributed by atoms with Crippen LogP contribution in [0.1, 0.15) is 16.9 Å². The molecular formula is C45H27N3S2. The second kappa shape index (κ2) is 10.9. The molecule has 0 saturated carbocycles. The van der Waals surface area contributed by atoms with Crippen LogP contribution in [0.25, 0.3) is 103 Å². The van der Waals surface area contributed by atoms with E-state index >= 15 is 0 Å². The quantitative estimate of drug-likeness (QED) is 0.175. The van der Waals surface area contributed by atoms with Crippen LogP contribution in [0.2, 0.25) is 0 Å². The topological polar surface area (TPSA) is 38.7 Å². The van der Waals surface area contributed by atoms with Gasteiger partial charge in [-0.15, -0.1) is 22.7 Å². The lowest BCUT2D eigenvalue weighted by atomic mass is 9.94. The molecular weight excluding hydrogens is 647 g/mol. The SMILES string of the molecule is C1=Cc2c(sc3cc(-c4nc(-c5ccccc5)nc(-c5cc6ccc7ccccc7c6c6sc7ccc8ccccc8c7c56)n4)ccc23)CC1. The van der Waals surface area contributed by atoms with E-state index in [1.807, 2.05) is 40.9 Å². The minimum absolute atomic E-state index is 0.676. The van der Waals surface area contributed by atoms with Gasteiger partial charge in [-0.05, 0) is 68.9 Å². The van der Waals surface area contributed by atoms with Gasteiger partial charge in [-0.1, -0.05) is 121 Å². The maximum absolute atomic E-state index is 5.35. The number of allylic oxidation sites excluding steroid dienone is 1. The number of aryl methyl sites for hydroxylation is 1. The maximum Gasteiger partial charge on any atom is 0.164 e. The zero-order valence-electron chi connectivity index (χ0n) is 26.9. The van der Waals surface area contributed by atoms with Crippen molar-refractivity contribution in [2.75, 3.05) is 0 Å². The highest BCUT2D eigenvalue weighted by Gasteiger charge is 2.22. The second-order valence-corrected chi connectivity index (χ2v) is 15.2. The van der Waals surface area contributed by atoms with Crippen molar-refractivity contribution in [1.82, 2.24) is 15.0 Å². The number of rotatable bonds is 3. The summed E-state index contributed by atoms with van der Waals surface area (Å²) in [5.74, 6) is 2.05. The molecule has 3 heterocycles.